The highest BCUT2D eigenvalue weighted by molar-refractivity contribution is 6.30. The van der Waals surface area contributed by atoms with Crippen molar-refractivity contribution < 1.29 is 14.3 Å². The molecule has 1 aliphatic carbocycles. The average molecular weight is 412 g/mol. The normalized spacial score (nSPS) is 22.8. The Labute approximate surface area is 170 Å². The number of nitrogens with one attached hydrogen (secondary N) is 3. The first-order chi connectivity index (χ1) is 13.2. The van der Waals surface area contributed by atoms with Crippen LogP contribution in [0.4, 0.5) is 4.79 Å². The van der Waals surface area contributed by atoms with Gasteiger partial charge in [0.2, 0.25) is 0 Å². The van der Waals surface area contributed by atoms with Gasteiger partial charge in [-0.15, -0.1) is 0 Å². The molecule has 28 heavy (non-hydrogen) atoms. The van der Waals surface area contributed by atoms with Gasteiger partial charge in [0.05, 0.1) is 5.69 Å². The monoisotopic (exact) mass is 411 g/mol. The van der Waals surface area contributed by atoms with Gasteiger partial charge >= 0.3 is 6.09 Å². The molecule has 3 N–H and O–H groups in total. The lowest BCUT2D eigenvalue weighted by molar-refractivity contribution is 0.0162. The van der Waals surface area contributed by atoms with E-state index in [1.165, 1.54) is 0 Å². The topological polar surface area (TPSA) is 99.4 Å². The molecule has 0 radical (unpaired) electrons. The summed E-state index contributed by atoms with van der Waals surface area (Å²) < 4.78 is 5.50. The van der Waals surface area contributed by atoms with Crippen molar-refractivity contribution in [2.75, 3.05) is 13.1 Å². The van der Waals surface area contributed by atoms with Crippen molar-refractivity contribution in [3.63, 3.8) is 0 Å². The van der Waals surface area contributed by atoms with Crippen molar-refractivity contribution in [1.29, 1.82) is 0 Å². The molecule has 1 aromatic heterocycles. The number of amides is 2. The summed E-state index contributed by atoms with van der Waals surface area (Å²) in [5, 5.41) is 6.95. The Morgan fingerprint density at radius 2 is 2.00 bits per heavy atom. The molecule has 1 aromatic rings. The number of hydrogen-bond acceptors (Lipinski definition) is 5. The van der Waals surface area contributed by atoms with E-state index in [1.807, 2.05) is 27.7 Å². The molecule has 1 saturated carbocycles. The third kappa shape index (κ3) is 5.38. The number of nitrogens with zero attached hydrogens (tertiary/aromatic N) is 2. The van der Waals surface area contributed by atoms with Crippen molar-refractivity contribution >= 4 is 23.6 Å². The molecule has 2 atom stereocenters. The fourth-order valence-corrected chi connectivity index (χ4v) is 3.57. The van der Waals surface area contributed by atoms with Gasteiger partial charge in [0.25, 0.3) is 5.91 Å². The van der Waals surface area contributed by atoms with E-state index in [-0.39, 0.29) is 29.9 Å². The summed E-state index contributed by atoms with van der Waals surface area (Å²) in [6, 6.07) is 0.322. The number of halogens is 1. The van der Waals surface area contributed by atoms with E-state index >= 15 is 0 Å². The minimum atomic E-state index is -0.531. The molecule has 156 valence electrons. The summed E-state index contributed by atoms with van der Waals surface area (Å²) >= 11 is 6.05. The Morgan fingerprint density at radius 1 is 1.29 bits per heavy atom. The summed E-state index contributed by atoms with van der Waals surface area (Å²) in [5.41, 5.74) is 0.219. The number of carbonyl (C=O) groups excluding carboxylic acids is 2. The highest BCUT2D eigenvalue weighted by Gasteiger charge is 2.37. The quantitative estimate of drug-likeness (QED) is 0.691. The van der Waals surface area contributed by atoms with Crippen LogP contribution >= 0.6 is 11.6 Å². The minimum Gasteiger partial charge on any atom is -0.444 e. The van der Waals surface area contributed by atoms with Crippen molar-refractivity contribution in [1.82, 2.24) is 25.5 Å². The zero-order valence-electron chi connectivity index (χ0n) is 17.0. The predicted octanol–water partition coefficient (Wildman–Crippen LogP) is 2.49. The molecule has 0 aromatic carbocycles. The van der Waals surface area contributed by atoms with Crippen molar-refractivity contribution in [3.05, 3.63) is 16.7 Å². The van der Waals surface area contributed by atoms with Crippen molar-refractivity contribution in [2.24, 2.45) is 0 Å². The predicted molar refractivity (Wildman–Crippen MR) is 107 cm³/mol. The van der Waals surface area contributed by atoms with E-state index in [2.05, 4.69) is 20.6 Å². The molecule has 1 aliphatic heterocycles. The number of rotatable bonds is 5. The van der Waals surface area contributed by atoms with Crippen LogP contribution in [0, 0.1) is 0 Å². The largest absolute Gasteiger partial charge is 0.444 e. The molecule has 0 bridgehead atoms. The highest BCUT2D eigenvalue weighted by atomic mass is 35.5. The van der Waals surface area contributed by atoms with Crippen LogP contribution in [-0.2, 0) is 11.2 Å². The fraction of sp³-hybridized carbons (Fsp3) is 0.737. The molecule has 3 rings (SSSR count). The van der Waals surface area contributed by atoms with Crippen LogP contribution in [0.2, 0.25) is 5.15 Å². The lowest BCUT2D eigenvalue weighted by Crippen LogP contribution is -2.61. The Hall–Kier alpha value is -1.80. The number of aromatic amines is 1. The molecule has 0 spiro atoms. The lowest BCUT2D eigenvalue weighted by Gasteiger charge is -2.39. The lowest BCUT2D eigenvalue weighted by atomic mass is 9.99. The first kappa shape index (κ1) is 20.9. The molecule has 2 amide bonds. The summed E-state index contributed by atoms with van der Waals surface area (Å²) in [6.07, 6.45) is 3.25. The number of aryl methyl sites for hydroxylation is 1. The maximum atomic E-state index is 12.6. The second-order valence-electron chi connectivity index (χ2n) is 8.55. The van der Waals surface area contributed by atoms with Crippen molar-refractivity contribution in [3.8, 4) is 0 Å². The van der Waals surface area contributed by atoms with Gasteiger partial charge < -0.3 is 25.3 Å². The smallest absolute Gasteiger partial charge is 0.410 e. The van der Waals surface area contributed by atoms with Crippen LogP contribution in [0.25, 0.3) is 0 Å². The van der Waals surface area contributed by atoms with Gasteiger partial charge in [-0.1, -0.05) is 18.5 Å². The zero-order valence-corrected chi connectivity index (χ0v) is 17.7. The van der Waals surface area contributed by atoms with Crippen LogP contribution in [0.15, 0.2) is 0 Å². The fourth-order valence-electron chi connectivity index (χ4n) is 3.31. The number of imidazole rings is 1. The number of aromatic nitrogens is 2. The van der Waals surface area contributed by atoms with Crippen LogP contribution in [0.5, 0.6) is 0 Å². The second-order valence-corrected chi connectivity index (χ2v) is 8.91. The maximum Gasteiger partial charge on any atom is 0.410 e. The number of piperidine rings is 1. The standard InChI is InChI=1S/C19H30ClN5O3/c1-5-12-15(20)24-16(22-12)17(26)23-13-8-9-25(18(27)28-19(2,3)4)10-14(13)21-11-6-7-11/h11,13-14,21H,5-10H2,1-4H3,(H,22,24)(H,23,26)/t13-,14+/m0/s1. The van der Waals surface area contributed by atoms with E-state index < -0.39 is 5.60 Å². The summed E-state index contributed by atoms with van der Waals surface area (Å²) in [7, 11) is 0. The summed E-state index contributed by atoms with van der Waals surface area (Å²) in [5.74, 6) is -0.0542. The first-order valence-corrected chi connectivity index (χ1v) is 10.3. The Balaban J connectivity index is 1.64. The van der Waals surface area contributed by atoms with E-state index in [9.17, 15) is 9.59 Å². The molecule has 2 aliphatic rings. The number of ether oxygens (including phenoxy) is 1. The number of likely N-dealkylation sites (tertiary alicyclic amines) is 1. The van der Waals surface area contributed by atoms with E-state index in [1.54, 1.807) is 4.90 Å². The SMILES string of the molecule is CCc1[nH]c(C(=O)N[C@H]2CCN(C(=O)OC(C)(C)C)C[C@H]2NC2CC2)nc1Cl. The number of carbonyl (C=O) groups is 2. The molecule has 9 heteroatoms. The van der Waals surface area contributed by atoms with E-state index in [4.69, 9.17) is 16.3 Å². The molecule has 2 heterocycles. The van der Waals surface area contributed by atoms with Gasteiger partial charge in [-0.2, -0.15) is 0 Å². The van der Waals surface area contributed by atoms with Crippen LogP contribution in [-0.4, -0.2) is 63.7 Å². The van der Waals surface area contributed by atoms with Crippen molar-refractivity contribution in [2.45, 2.75) is 77.1 Å². The van der Waals surface area contributed by atoms with Gasteiger partial charge in [-0.25, -0.2) is 9.78 Å². The molecule has 1 saturated heterocycles. The summed E-state index contributed by atoms with van der Waals surface area (Å²) in [4.78, 5) is 33.9. The highest BCUT2D eigenvalue weighted by Crippen LogP contribution is 2.23. The van der Waals surface area contributed by atoms with Gasteiger partial charge in [-0.3, -0.25) is 4.79 Å². The molecular formula is C19H30ClN5O3. The maximum absolute atomic E-state index is 12.6. The number of H-pyrrole nitrogens is 1. The number of hydrogen-bond donors (Lipinski definition) is 3. The summed E-state index contributed by atoms with van der Waals surface area (Å²) in [6.45, 7) is 8.55. The average Bonchev–Trinajstić information content (AvgIpc) is 3.34. The Bertz CT molecular complexity index is 726. The first-order valence-electron chi connectivity index (χ1n) is 9.95. The third-order valence-electron chi connectivity index (χ3n) is 4.91. The van der Waals surface area contributed by atoms with Crippen LogP contribution < -0.4 is 10.6 Å². The van der Waals surface area contributed by atoms with Gasteiger partial charge in [0.15, 0.2) is 11.0 Å². The molecular weight excluding hydrogens is 382 g/mol. The van der Waals surface area contributed by atoms with Gasteiger partial charge in [-0.05, 0) is 46.5 Å². The van der Waals surface area contributed by atoms with Gasteiger partial charge in [0, 0.05) is 31.2 Å². The molecule has 0 unspecified atom stereocenters. The van der Waals surface area contributed by atoms with E-state index in [0.717, 1.165) is 18.5 Å². The van der Waals surface area contributed by atoms with Crippen LogP contribution in [0.1, 0.15) is 63.3 Å². The Kier molecular flexibility index (Phi) is 6.19. The third-order valence-corrected chi connectivity index (χ3v) is 5.22. The van der Waals surface area contributed by atoms with Gasteiger partial charge in [0.1, 0.15) is 5.60 Å². The molecule has 8 nitrogen and oxygen atoms in total. The Morgan fingerprint density at radius 3 is 2.57 bits per heavy atom. The second kappa shape index (κ2) is 8.29. The zero-order chi connectivity index (χ0) is 20.5. The minimum absolute atomic E-state index is 0.0335. The van der Waals surface area contributed by atoms with Crippen LogP contribution in [0.3, 0.4) is 0 Å². The van der Waals surface area contributed by atoms with E-state index in [0.29, 0.717) is 37.1 Å². The molecule has 2 fully saturated rings.